The van der Waals surface area contributed by atoms with Crippen LogP contribution >= 0.6 is 11.6 Å². The molecule has 0 saturated carbocycles. The van der Waals surface area contributed by atoms with Crippen molar-refractivity contribution in [3.8, 4) is 33.8 Å². The number of esters is 2. The van der Waals surface area contributed by atoms with Gasteiger partial charge in [-0.05, 0) is 78.1 Å². The zero-order chi connectivity index (χ0) is 34.8. The van der Waals surface area contributed by atoms with Gasteiger partial charge in [0.25, 0.3) is 0 Å². The van der Waals surface area contributed by atoms with E-state index < -0.39 is 0 Å². The third-order valence-electron chi connectivity index (χ3n) is 7.79. The van der Waals surface area contributed by atoms with Crippen molar-refractivity contribution >= 4 is 45.3 Å². The van der Waals surface area contributed by atoms with E-state index in [9.17, 15) is 9.59 Å². The Morgan fingerprint density at radius 3 is 1.71 bits per heavy atom. The molecule has 0 radical (unpaired) electrons. The number of carbonyl (C=O) groups is 2. The van der Waals surface area contributed by atoms with Gasteiger partial charge in [-0.15, -0.1) is 0 Å². The quantitative estimate of drug-likeness (QED) is 0.105. The highest BCUT2D eigenvalue weighted by molar-refractivity contribution is 6.31. The first-order valence-electron chi connectivity index (χ1n) is 15.9. The van der Waals surface area contributed by atoms with E-state index in [2.05, 4.69) is 9.97 Å². The monoisotopic (exact) mass is 676 g/mol. The van der Waals surface area contributed by atoms with Crippen LogP contribution in [0.4, 0.5) is 0 Å². The smallest absolute Gasteiger partial charge is 0.310 e. The maximum Gasteiger partial charge on any atom is 0.310 e. The second-order valence-corrected chi connectivity index (χ2v) is 11.2. The highest BCUT2D eigenvalue weighted by Crippen LogP contribution is 2.37. The lowest BCUT2D eigenvalue weighted by molar-refractivity contribution is -0.143. The van der Waals surface area contributed by atoms with E-state index in [0.717, 1.165) is 61.1 Å². The topological polar surface area (TPSA) is 96.8 Å². The molecule has 250 valence electrons. The molecule has 0 spiro atoms. The normalized spacial score (nSPS) is 10.6. The summed E-state index contributed by atoms with van der Waals surface area (Å²) in [5, 5.41) is 2.15. The van der Waals surface area contributed by atoms with E-state index in [4.69, 9.17) is 30.5 Å². The summed E-state index contributed by atoms with van der Waals surface area (Å²) < 4.78 is 20.9. The standard InChI is InChI=1S/C20H18ClNO3.C20H19NO3/c1-3-25-18(23)12-16-19(13-7-5-4-6-8-13)15-11-14(24-2)9-10-17(15)22-20(16)21;1-3-24-19(22)11-15-13-21-18-10-9-16(23-2)12-17(18)20(15)14-7-5-4-6-8-14/h4-11H,3,12H2,1-2H3;4-10,12-13H,3,11H2,1-2H3. The van der Waals surface area contributed by atoms with Gasteiger partial charge in [-0.3, -0.25) is 14.6 Å². The predicted molar refractivity (Wildman–Crippen MR) is 193 cm³/mol. The van der Waals surface area contributed by atoms with E-state index in [1.807, 2.05) is 97.1 Å². The zero-order valence-corrected chi connectivity index (χ0v) is 28.6. The molecule has 0 unspecified atom stereocenters. The zero-order valence-electron chi connectivity index (χ0n) is 27.9. The van der Waals surface area contributed by atoms with Crippen LogP contribution in [0, 0.1) is 0 Å². The molecule has 6 rings (SSSR count). The lowest BCUT2D eigenvalue weighted by atomic mass is 9.94. The van der Waals surface area contributed by atoms with Gasteiger partial charge >= 0.3 is 11.9 Å². The first kappa shape index (κ1) is 34.9. The number of rotatable bonds is 10. The number of carbonyl (C=O) groups excluding carboxylic acids is 2. The summed E-state index contributed by atoms with van der Waals surface area (Å²) in [7, 11) is 3.26. The molecule has 0 aliphatic heterocycles. The lowest BCUT2D eigenvalue weighted by Crippen LogP contribution is -2.10. The third-order valence-corrected chi connectivity index (χ3v) is 8.10. The van der Waals surface area contributed by atoms with Gasteiger partial charge in [0.15, 0.2) is 0 Å². The number of hydrogen-bond acceptors (Lipinski definition) is 8. The number of methoxy groups -OCH3 is 2. The summed E-state index contributed by atoms with van der Waals surface area (Å²) >= 11 is 6.43. The predicted octanol–water partition coefficient (Wildman–Crippen LogP) is 8.69. The Morgan fingerprint density at radius 2 is 1.16 bits per heavy atom. The molecule has 0 amide bonds. The molecule has 2 aromatic heterocycles. The fourth-order valence-corrected chi connectivity index (χ4v) is 5.87. The van der Waals surface area contributed by atoms with E-state index in [1.54, 1.807) is 34.3 Å². The van der Waals surface area contributed by atoms with E-state index in [0.29, 0.717) is 23.9 Å². The average molecular weight is 677 g/mol. The fraction of sp³-hybridized carbons (Fsp3) is 0.200. The number of halogens is 1. The molecule has 2 heterocycles. The minimum Gasteiger partial charge on any atom is -0.497 e. The molecule has 4 aromatic carbocycles. The Morgan fingerprint density at radius 1 is 0.653 bits per heavy atom. The Balaban J connectivity index is 0.000000191. The molecule has 0 aliphatic carbocycles. The van der Waals surface area contributed by atoms with Crippen molar-refractivity contribution < 1.29 is 28.5 Å². The molecule has 8 nitrogen and oxygen atoms in total. The fourth-order valence-electron chi connectivity index (χ4n) is 5.62. The molecule has 0 aliphatic rings. The summed E-state index contributed by atoms with van der Waals surface area (Å²) in [6, 6.07) is 31.2. The van der Waals surface area contributed by atoms with Crippen LogP contribution in [0.3, 0.4) is 0 Å². The number of fused-ring (bicyclic) bond motifs is 2. The van der Waals surface area contributed by atoms with Crippen LogP contribution in [0.5, 0.6) is 11.5 Å². The second kappa shape index (κ2) is 16.6. The van der Waals surface area contributed by atoms with Crippen LogP contribution < -0.4 is 9.47 Å². The number of ether oxygens (including phenoxy) is 4. The second-order valence-electron chi connectivity index (χ2n) is 10.9. The van der Waals surface area contributed by atoms with Crippen molar-refractivity contribution in [3.05, 3.63) is 120 Å². The van der Waals surface area contributed by atoms with Gasteiger partial charge in [-0.25, -0.2) is 4.98 Å². The van der Waals surface area contributed by atoms with Gasteiger partial charge in [0, 0.05) is 22.5 Å². The van der Waals surface area contributed by atoms with E-state index in [1.165, 1.54) is 0 Å². The van der Waals surface area contributed by atoms with Crippen LogP contribution in [0.1, 0.15) is 25.0 Å². The molecule has 0 saturated heterocycles. The Hall–Kier alpha value is -5.47. The van der Waals surface area contributed by atoms with E-state index in [-0.39, 0.29) is 24.8 Å². The number of nitrogens with zero attached hydrogens (tertiary/aromatic N) is 2. The summed E-state index contributed by atoms with van der Waals surface area (Å²) in [6.07, 6.45) is 2.02. The third kappa shape index (κ3) is 8.34. The lowest BCUT2D eigenvalue weighted by Gasteiger charge is -2.15. The van der Waals surface area contributed by atoms with Crippen LogP contribution in [0.25, 0.3) is 44.1 Å². The van der Waals surface area contributed by atoms with E-state index >= 15 is 0 Å². The van der Waals surface area contributed by atoms with Gasteiger partial charge < -0.3 is 18.9 Å². The molecule has 0 N–H and O–H groups in total. The first-order chi connectivity index (χ1) is 23.9. The number of benzene rings is 4. The molecular weight excluding hydrogens is 640 g/mol. The number of pyridine rings is 2. The maximum absolute atomic E-state index is 12.1. The Bertz CT molecular complexity index is 2070. The molecular formula is C40H37ClN2O6. The molecule has 49 heavy (non-hydrogen) atoms. The van der Waals surface area contributed by atoms with Gasteiger partial charge in [-0.2, -0.15) is 0 Å². The van der Waals surface area contributed by atoms with Crippen molar-refractivity contribution in [3.63, 3.8) is 0 Å². The highest BCUT2D eigenvalue weighted by Gasteiger charge is 2.20. The first-order valence-corrected chi connectivity index (χ1v) is 16.3. The summed E-state index contributed by atoms with van der Waals surface area (Å²) in [5.41, 5.74) is 6.99. The van der Waals surface area contributed by atoms with Crippen LogP contribution in [0.15, 0.2) is 103 Å². The van der Waals surface area contributed by atoms with Crippen LogP contribution in [-0.2, 0) is 31.9 Å². The average Bonchev–Trinajstić information content (AvgIpc) is 3.12. The van der Waals surface area contributed by atoms with Crippen molar-refractivity contribution in [2.75, 3.05) is 27.4 Å². The summed E-state index contributed by atoms with van der Waals surface area (Å²) in [4.78, 5) is 33.0. The van der Waals surface area contributed by atoms with Crippen molar-refractivity contribution in [2.45, 2.75) is 26.7 Å². The molecule has 0 fully saturated rings. The minimum atomic E-state index is -0.328. The van der Waals surface area contributed by atoms with Crippen LogP contribution in [-0.4, -0.2) is 49.3 Å². The van der Waals surface area contributed by atoms with Crippen molar-refractivity contribution in [1.29, 1.82) is 0 Å². The Kier molecular flexibility index (Phi) is 11.8. The largest absolute Gasteiger partial charge is 0.497 e. The molecule has 9 heteroatoms. The minimum absolute atomic E-state index is 0.0665. The van der Waals surface area contributed by atoms with Gasteiger partial charge in [0.1, 0.15) is 16.7 Å². The number of aromatic nitrogens is 2. The van der Waals surface area contributed by atoms with Gasteiger partial charge in [-0.1, -0.05) is 72.3 Å². The molecule has 6 aromatic rings. The summed E-state index contributed by atoms with van der Waals surface area (Å²) in [5.74, 6) is 0.898. The molecule has 0 bridgehead atoms. The summed E-state index contributed by atoms with van der Waals surface area (Å²) in [6.45, 7) is 4.28. The van der Waals surface area contributed by atoms with Crippen LogP contribution in [0.2, 0.25) is 5.15 Å². The number of hydrogen-bond donors (Lipinski definition) is 0. The SMILES string of the molecule is CCOC(=O)Cc1c(Cl)nc2ccc(OC)cc2c1-c1ccccc1.CCOC(=O)Cc1cnc2ccc(OC)cc2c1-c1ccccc1. The van der Waals surface area contributed by atoms with Gasteiger partial charge in [0.05, 0.1) is 51.3 Å². The van der Waals surface area contributed by atoms with Gasteiger partial charge in [0.2, 0.25) is 0 Å². The molecule has 0 atom stereocenters. The Labute approximate surface area is 290 Å². The van der Waals surface area contributed by atoms with Crippen molar-refractivity contribution in [2.24, 2.45) is 0 Å². The van der Waals surface area contributed by atoms with Crippen molar-refractivity contribution in [1.82, 2.24) is 9.97 Å². The highest BCUT2D eigenvalue weighted by atomic mass is 35.5. The maximum atomic E-state index is 12.1.